The fraction of sp³-hybridized carbons (Fsp3) is 0.440. The quantitative estimate of drug-likeness (QED) is 0.237. The molecule has 0 fully saturated rings. The van der Waals surface area contributed by atoms with Gasteiger partial charge in [-0.3, -0.25) is 4.79 Å². The molecular formula is C25H34N2O3. The molecule has 0 saturated carbocycles. The summed E-state index contributed by atoms with van der Waals surface area (Å²) < 4.78 is 11.0. The Morgan fingerprint density at radius 3 is 2.30 bits per heavy atom. The highest BCUT2D eigenvalue weighted by molar-refractivity contribution is 5.95. The Morgan fingerprint density at radius 1 is 0.933 bits per heavy atom. The zero-order chi connectivity index (χ0) is 21.4. The van der Waals surface area contributed by atoms with Crippen LogP contribution in [-0.2, 0) is 0 Å². The molecule has 162 valence electrons. The van der Waals surface area contributed by atoms with E-state index in [0.717, 1.165) is 17.7 Å². The zero-order valence-electron chi connectivity index (χ0n) is 18.2. The largest absolute Gasteiger partial charge is 0.496 e. The van der Waals surface area contributed by atoms with E-state index >= 15 is 0 Å². The molecule has 2 aromatic rings. The van der Waals surface area contributed by atoms with Crippen LogP contribution in [0.4, 0.5) is 0 Å². The molecule has 0 aliphatic rings. The molecule has 0 aromatic heterocycles. The summed E-state index contributed by atoms with van der Waals surface area (Å²) in [6.07, 6.45) is 11.8. The first kappa shape index (κ1) is 23.5. The molecule has 0 heterocycles. The van der Waals surface area contributed by atoms with Crippen LogP contribution < -0.4 is 14.9 Å². The number of methoxy groups -OCH3 is 1. The molecule has 0 aliphatic heterocycles. The minimum Gasteiger partial charge on any atom is -0.496 e. The van der Waals surface area contributed by atoms with Gasteiger partial charge in [0.15, 0.2) is 0 Å². The van der Waals surface area contributed by atoms with Crippen molar-refractivity contribution in [2.45, 2.75) is 58.3 Å². The van der Waals surface area contributed by atoms with Crippen LogP contribution in [0.5, 0.6) is 11.5 Å². The summed E-state index contributed by atoms with van der Waals surface area (Å²) in [5, 5.41) is 4.01. The Balaban J connectivity index is 1.67. The standard InChI is InChI=1S/C25H34N2O3/c1-3-4-5-6-7-8-9-12-19-30-23-17-15-21(16-18-23)25(28)27-26-20-22-13-10-11-14-24(22)29-2/h10-11,13-18,20H,3-9,12,19H2,1-2H3,(H,27,28). The smallest absolute Gasteiger partial charge is 0.271 e. The van der Waals surface area contributed by atoms with Crippen molar-refractivity contribution in [2.75, 3.05) is 13.7 Å². The predicted octanol–water partition coefficient (Wildman–Crippen LogP) is 5.98. The van der Waals surface area contributed by atoms with E-state index in [1.165, 1.54) is 44.9 Å². The molecule has 0 bridgehead atoms. The van der Waals surface area contributed by atoms with Crippen LogP contribution in [0.3, 0.4) is 0 Å². The maximum atomic E-state index is 12.2. The van der Waals surface area contributed by atoms with Crippen molar-refractivity contribution in [1.82, 2.24) is 5.43 Å². The summed E-state index contributed by atoms with van der Waals surface area (Å²) in [5.74, 6) is 1.22. The SMILES string of the molecule is CCCCCCCCCCOc1ccc(C(=O)NN=Cc2ccccc2OC)cc1. The highest BCUT2D eigenvalue weighted by Gasteiger charge is 2.05. The Bertz CT molecular complexity index is 772. The van der Waals surface area contributed by atoms with Gasteiger partial charge in [0, 0.05) is 11.1 Å². The number of benzene rings is 2. The average molecular weight is 411 g/mol. The third-order valence-electron chi connectivity index (χ3n) is 4.89. The molecular weight excluding hydrogens is 376 g/mol. The summed E-state index contributed by atoms with van der Waals surface area (Å²) in [6.45, 7) is 2.96. The van der Waals surface area contributed by atoms with Gasteiger partial charge in [-0.15, -0.1) is 0 Å². The second kappa shape index (κ2) is 14.2. The highest BCUT2D eigenvalue weighted by Crippen LogP contribution is 2.15. The normalized spacial score (nSPS) is 10.9. The fourth-order valence-electron chi connectivity index (χ4n) is 3.13. The number of nitrogens with one attached hydrogen (secondary N) is 1. The number of hydrogen-bond donors (Lipinski definition) is 1. The molecule has 1 N–H and O–H groups in total. The number of rotatable bonds is 14. The predicted molar refractivity (Wildman–Crippen MR) is 123 cm³/mol. The summed E-state index contributed by atoms with van der Waals surface area (Å²) in [6, 6.07) is 14.6. The van der Waals surface area contributed by atoms with Crippen molar-refractivity contribution >= 4 is 12.1 Å². The summed E-state index contributed by atoms with van der Waals surface area (Å²) in [4.78, 5) is 12.2. The van der Waals surface area contributed by atoms with Gasteiger partial charge in [-0.1, -0.05) is 64.0 Å². The molecule has 5 heteroatoms. The van der Waals surface area contributed by atoms with Crippen LogP contribution in [0.25, 0.3) is 0 Å². The second-order valence-corrected chi connectivity index (χ2v) is 7.29. The van der Waals surface area contributed by atoms with Gasteiger partial charge >= 0.3 is 0 Å². The maximum Gasteiger partial charge on any atom is 0.271 e. The Kier molecular flexibility index (Phi) is 11.1. The number of hydrazone groups is 1. The highest BCUT2D eigenvalue weighted by atomic mass is 16.5. The number of hydrogen-bond acceptors (Lipinski definition) is 4. The molecule has 0 atom stereocenters. The van der Waals surface area contributed by atoms with E-state index in [1.807, 2.05) is 36.4 Å². The topological polar surface area (TPSA) is 59.9 Å². The zero-order valence-corrected chi connectivity index (χ0v) is 18.2. The maximum absolute atomic E-state index is 12.2. The van der Waals surface area contributed by atoms with Gasteiger partial charge in [0.05, 0.1) is 19.9 Å². The summed E-state index contributed by atoms with van der Waals surface area (Å²) >= 11 is 0. The minimum absolute atomic E-state index is 0.268. The number of carbonyl (C=O) groups is 1. The van der Waals surface area contributed by atoms with Gasteiger partial charge in [0.25, 0.3) is 5.91 Å². The van der Waals surface area contributed by atoms with Crippen molar-refractivity contribution in [3.05, 3.63) is 59.7 Å². The molecule has 5 nitrogen and oxygen atoms in total. The molecule has 1 amide bonds. The van der Waals surface area contributed by atoms with Crippen LogP contribution in [-0.4, -0.2) is 25.8 Å². The Morgan fingerprint density at radius 2 is 1.60 bits per heavy atom. The van der Waals surface area contributed by atoms with Crippen LogP contribution in [0.1, 0.15) is 74.2 Å². The third kappa shape index (κ3) is 8.68. The summed E-state index contributed by atoms with van der Waals surface area (Å²) in [7, 11) is 1.60. The van der Waals surface area contributed by atoms with Crippen LogP contribution in [0.2, 0.25) is 0 Å². The number of nitrogens with zero attached hydrogens (tertiary/aromatic N) is 1. The van der Waals surface area contributed by atoms with E-state index in [9.17, 15) is 4.79 Å². The summed E-state index contributed by atoms with van der Waals surface area (Å²) in [5.41, 5.74) is 3.87. The lowest BCUT2D eigenvalue weighted by Crippen LogP contribution is -2.17. The van der Waals surface area contributed by atoms with E-state index in [1.54, 1.807) is 25.5 Å². The van der Waals surface area contributed by atoms with Gasteiger partial charge in [0.1, 0.15) is 11.5 Å². The molecule has 0 spiro atoms. The van der Waals surface area contributed by atoms with E-state index in [0.29, 0.717) is 17.9 Å². The molecule has 0 unspecified atom stereocenters. The van der Waals surface area contributed by atoms with Crippen LogP contribution >= 0.6 is 0 Å². The van der Waals surface area contributed by atoms with Gasteiger partial charge in [-0.25, -0.2) is 5.43 Å². The van der Waals surface area contributed by atoms with Gasteiger partial charge in [0.2, 0.25) is 0 Å². The molecule has 2 aromatic carbocycles. The lowest BCUT2D eigenvalue weighted by atomic mass is 10.1. The third-order valence-corrected chi connectivity index (χ3v) is 4.89. The van der Waals surface area contributed by atoms with Gasteiger partial charge in [-0.2, -0.15) is 5.10 Å². The van der Waals surface area contributed by atoms with Crippen molar-refractivity contribution < 1.29 is 14.3 Å². The van der Waals surface area contributed by atoms with Crippen molar-refractivity contribution in [3.63, 3.8) is 0 Å². The first-order valence-electron chi connectivity index (χ1n) is 10.9. The molecule has 0 radical (unpaired) electrons. The number of ether oxygens (including phenoxy) is 2. The monoisotopic (exact) mass is 410 g/mol. The number of amides is 1. The average Bonchev–Trinajstić information content (AvgIpc) is 2.78. The van der Waals surface area contributed by atoms with E-state index in [4.69, 9.17) is 9.47 Å². The van der Waals surface area contributed by atoms with Crippen LogP contribution in [0.15, 0.2) is 53.6 Å². The van der Waals surface area contributed by atoms with E-state index < -0.39 is 0 Å². The Labute approximate surface area is 180 Å². The number of carbonyl (C=O) groups excluding carboxylic acids is 1. The van der Waals surface area contributed by atoms with Crippen molar-refractivity contribution in [3.8, 4) is 11.5 Å². The lowest BCUT2D eigenvalue weighted by molar-refractivity contribution is 0.0955. The fourth-order valence-corrected chi connectivity index (χ4v) is 3.13. The van der Waals surface area contributed by atoms with Gasteiger partial charge < -0.3 is 9.47 Å². The first-order valence-corrected chi connectivity index (χ1v) is 10.9. The second-order valence-electron chi connectivity index (χ2n) is 7.29. The lowest BCUT2D eigenvalue weighted by Gasteiger charge is -2.07. The van der Waals surface area contributed by atoms with Crippen LogP contribution in [0, 0.1) is 0 Å². The molecule has 2 rings (SSSR count). The molecule has 0 saturated heterocycles. The number of para-hydroxylation sites is 1. The van der Waals surface area contributed by atoms with Crippen molar-refractivity contribution in [1.29, 1.82) is 0 Å². The molecule has 0 aliphatic carbocycles. The van der Waals surface area contributed by atoms with Crippen molar-refractivity contribution in [2.24, 2.45) is 5.10 Å². The molecule has 30 heavy (non-hydrogen) atoms. The Hall–Kier alpha value is -2.82. The van der Waals surface area contributed by atoms with Gasteiger partial charge in [-0.05, 0) is 42.8 Å². The minimum atomic E-state index is -0.268. The number of unbranched alkanes of at least 4 members (excludes halogenated alkanes) is 7. The van der Waals surface area contributed by atoms with E-state index in [-0.39, 0.29) is 5.91 Å². The first-order chi connectivity index (χ1) is 14.7. The van der Waals surface area contributed by atoms with E-state index in [2.05, 4.69) is 17.5 Å².